The van der Waals surface area contributed by atoms with Crippen LogP contribution in [0.15, 0.2) is 66.6 Å². The number of ether oxygens (including phenoxy) is 2. The Hall–Kier alpha value is -2.95. The Morgan fingerprint density at radius 2 is 2.00 bits per heavy atom. The van der Waals surface area contributed by atoms with Crippen molar-refractivity contribution in [2.75, 3.05) is 26.3 Å². The van der Waals surface area contributed by atoms with Crippen molar-refractivity contribution in [3.63, 3.8) is 0 Å². The first kappa shape index (κ1) is 22.1. The molecule has 1 N–H and O–H groups in total. The molecule has 27 heavy (non-hydrogen) atoms. The second-order valence-corrected chi connectivity index (χ2v) is 5.89. The molecule has 0 aromatic heterocycles. The van der Waals surface area contributed by atoms with Gasteiger partial charge in [-0.15, -0.1) is 0 Å². The fraction of sp³-hybridized carbons (Fsp3) is 0.318. The molecule has 0 spiro atoms. The minimum atomic E-state index is -1.08. The molecule has 1 rings (SSSR count). The average molecular weight is 371 g/mol. The highest BCUT2D eigenvalue weighted by Gasteiger charge is 2.07. The van der Waals surface area contributed by atoms with E-state index in [4.69, 9.17) is 14.6 Å². The van der Waals surface area contributed by atoms with Crippen LogP contribution < -0.4 is 4.74 Å². The number of benzene rings is 1. The number of aliphatic carboxylic acids is 1. The number of nitrogens with zero attached hydrogens (tertiary/aromatic N) is 1. The molecule has 0 atom stereocenters. The van der Waals surface area contributed by atoms with Crippen molar-refractivity contribution in [3.05, 3.63) is 72.2 Å². The monoisotopic (exact) mass is 371 g/mol. The third-order valence-corrected chi connectivity index (χ3v) is 3.48. The van der Waals surface area contributed by atoms with Crippen LogP contribution in [0.1, 0.15) is 26.3 Å². The maximum absolute atomic E-state index is 11.1. The summed E-state index contributed by atoms with van der Waals surface area (Å²) in [6.07, 6.45) is 9.59. The lowest BCUT2D eigenvalue weighted by molar-refractivity contribution is -0.136. The predicted molar refractivity (Wildman–Crippen MR) is 110 cm³/mol. The average Bonchev–Trinajstić information content (AvgIpc) is 2.64. The van der Waals surface area contributed by atoms with Gasteiger partial charge in [0.1, 0.15) is 12.4 Å². The first-order valence-corrected chi connectivity index (χ1v) is 8.95. The van der Waals surface area contributed by atoms with Crippen molar-refractivity contribution in [1.29, 1.82) is 0 Å². The van der Waals surface area contributed by atoms with Crippen molar-refractivity contribution >= 4 is 12.0 Å². The largest absolute Gasteiger partial charge is 0.492 e. The SMILES string of the molecule is C=C(C)/C=C\N(C/C=C\C)CCOc1ccc(/C=C(\OCC)C(=O)O)cc1. The summed E-state index contributed by atoms with van der Waals surface area (Å²) in [7, 11) is 0. The molecule has 0 fully saturated rings. The highest BCUT2D eigenvalue weighted by Crippen LogP contribution is 2.15. The molecule has 0 aliphatic heterocycles. The Balaban J connectivity index is 2.62. The van der Waals surface area contributed by atoms with Crippen molar-refractivity contribution in [3.8, 4) is 5.75 Å². The topological polar surface area (TPSA) is 59.0 Å². The maximum atomic E-state index is 11.1. The van der Waals surface area contributed by atoms with Gasteiger partial charge >= 0.3 is 5.97 Å². The zero-order valence-electron chi connectivity index (χ0n) is 16.4. The van der Waals surface area contributed by atoms with Crippen LogP contribution in [-0.4, -0.2) is 42.3 Å². The van der Waals surface area contributed by atoms with Crippen molar-refractivity contribution in [1.82, 2.24) is 4.90 Å². The molecule has 0 saturated carbocycles. The van der Waals surface area contributed by atoms with E-state index in [-0.39, 0.29) is 5.76 Å². The third kappa shape index (κ3) is 9.35. The zero-order chi connectivity index (χ0) is 20.1. The molecule has 0 saturated heterocycles. The Morgan fingerprint density at radius 3 is 2.56 bits per heavy atom. The molecule has 1 aromatic rings. The Morgan fingerprint density at radius 1 is 1.30 bits per heavy atom. The molecule has 5 heteroatoms. The van der Waals surface area contributed by atoms with Crippen molar-refractivity contribution in [2.24, 2.45) is 0 Å². The van der Waals surface area contributed by atoms with Gasteiger partial charge in [0.05, 0.1) is 13.2 Å². The van der Waals surface area contributed by atoms with E-state index in [1.807, 2.05) is 44.3 Å². The summed E-state index contributed by atoms with van der Waals surface area (Å²) in [6, 6.07) is 7.24. The molecule has 146 valence electrons. The fourth-order valence-electron chi connectivity index (χ4n) is 2.11. The van der Waals surface area contributed by atoms with E-state index in [9.17, 15) is 4.79 Å². The Kier molecular flexibility index (Phi) is 10.2. The van der Waals surface area contributed by atoms with Gasteiger partial charge in [0, 0.05) is 6.54 Å². The summed E-state index contributed by atoms with van der Waals surface area (Å²) in [5.41, 5.74) is 1.74. The number of rotatable bonds is 12. The lowest BCUT2D eigenvalue weighted by Crippen LogP contribution is -2.23. The smallest absolute Gasteiger partial charge is 0.371 e. The molecule has 1 aromatic carbocycles. The summed E-state index contributed by atoms with van der Waals surface area (Å²) in [6.45, 7) is 12.0. The van der Waals surface area contributed by atoms with Gasteiger partial charge in [0.25, 0.3) is 0 Å². The van der Waals surface area contributed by atoms with E-state index >= 15 is 0 Å². The first-order chi connectivity index (χ1) is 13.0. The lowest BCUT2D eigenvalue weighted by Gasteiger charge is -2.19. The van der Waals surface area contributed by atoms with Crippen LogP contribution in [0.2, 0.25) is 0 Å². The predicted octanol–water partition coefficient (Wildman–Crippen LogP) is 4.50. The van der Waals surface area contributed by atoms with E-state index < -0.39 is 5.97 Å². The van der Waals surface area contributed by atoms with Crippen LogP contribution >= 0.6 is 0 Å². The number of carboxylic acid groups (broad SMARTS) is 1. The minimum absolute atomic E-state index is 0.0740. The first-order valence-electron chi connectivity index (χ1n) is 8.95. The van der Waals surface area contributed by atoms with Crippen LogP contribution in [0, 0.1) is 0 Å². The number of carboxylic acids is 1. The van der Waals surface area contributed by atoms with E-state index in [0.29, 0.717) is 13.2 Å². The van der Waals surface area contributed by atoms with Crippen LogP contribution in [0.25, 0.3) is 6.08 Å². The number of allylic oxidation sites excluding steroid dienone is 3. The summed E-state index contributed by atoms with van der Waals surface area (Å²) in [5.74, 6) is -0.424. The van der Waals surface area contributed by atoms with Crippen molar-refractivity contribution in [2.45, 2.75) is 20.8 Å². The number of hydrogen-bond acceptors (Lipinski definition) is 4. The molecule has 0 radical (unpaired) electrons. The normalized spacial score (nSPS) is 11.7. The maximum Gasteiger partial charge on any atom is 0.371 e. The van der Waals surface area contributed by atoms with Crippen LogP contribution in [0.5, 0.6) is 5.75 Å². The van der Waals surface area contributed by atoms with Gasteiger partial charge in [0.2, 0.25) is 5.76 Å². The van der Waals surface area contributed by atoms with Crippen LogP contribution in [0.3, 0.4) is 0 Å². The van der Waals surface area contributed by atoms with Gasteiger partial charge in [-0.3, -0.25) is 0 Å². The quantitative estimate of drug-likeness (QED) is 0.254. The molecule has 5 nitrogen and oxygen atoms in total. The van der Waals surface area contributed by atoms with Gasteiger partial charge in [-0.1, -0.05) is 36.4 Å². The molecule has 0 heterocycles. The summed E-state index contributed by atoms with van der Waals surface area (Å²) in [4.78, 5) is 13.2. The summed E-state index contributed by atoms with van der Waals surface area (Å²) in [5, 5.41) is 9.09. The molecule has 0 aliphatic carbocycles. The molecule has 0 amide bonds. The van der Waals surface area contributed by atoms with Gasteiger partial charge in [0.15, 0.2) is 0 Å². The van der Waals surface area contributed by atoms with Gasteiger partial charge in [-0.05, 0) is 56.8 Å². The van der Waals surface area contributed by atoms with Gasteiger partial charge < -0.3 is 19.5 Å². The molecular weight excluding hydrogens is 342 g/mol. The van der Waals surface area contributed by atoms with Gasteiger partial charge in [-0.2, -0.15) is 0 Å². The lowest BCUT2D eigenvalue weighted by atomic mass is 10.2. The van der Waals surface area contributed by atoms with Crippen LogP contribution in [-0.2, 0) is 9.53 Å². The Labute approximate surface area is 161 Å². The summed E-state index contributed by atoms with van der Waals surface area (Å²) >= 11 is 0. The molecule has 0 bridgehead atoms. The second-order valence-electron chi connectivity index (χ2n) is 5.89. The van der Waals surface area contributed by atoms with E-state index in [0.717, 1.165) is 30.0 Å². The number of carbonyl (C=O) groups is 1. The van der Waals surface area contributed by atoms with E-state index in [1.54, 1.807) is 19.1 Å². The fourth-order valence-corrected chi connectivity index (χ4v) is 2.11. The number of hydrogen-bond donors (Lipinski definition) is 1. The summed E-state index contributed by atoms with van der Waals surface area (Å²) < 4.78 is 10.9. The molecule has 0 aliphatic rings. The van der Waals surface area contributed by atoms with E-state index in [2.05, 4.69) is 17.6 Å². The highest BCUT2D eigenvalue weighted by atomic mass is 16.5. The standard InChI is InChI=1S/C22H29NO4/c1-5-7-13-23(14-12-18(3)4)15-16-27-20-10-8-19(9-11-20)17-21(22(24)25)26-6-2/h5,7-12,14,17H,3,6,13,15-16H2,1-2,4H3,(H,24,25)/b7-5-,14-12-,21-17-. The zero-order valence-corrected chi connectivity index (χ0v) is 16.4. The molecular formula is C22H29NO4. The second kappa shape index (κ2) is 12.4. The van der Waals surface area contributed by atoms with Gasteiger partial charge in [-0.25, -0.2) is 4.79 Å². The third-order valence-electron chi connectivity index (χ3n) is 3.48. The van der Waals surface area contributed by atoms with E-state index in [1.165, 1.54) is 6.08 Å². The minimum Gasteiger partial charge on any atom is -0.492 e. The molecule has 0 unspecified atom stereocenters. The van der Waals surface area contributed by atoms with Crippen molar-refractivity contribution < 1.29 is 19.4 Å². The highest BCUT2D eigenvalue weighted by molar-refractivity contribution is 5.89. The Bertz CT molecular complexity index is 687. The van der Waals surface area contributed by atoms with Crippen LogP contribution in [0.4, 0.5) is 0 Å².